The summed E-state index contributed by atoms with van der Waals surface area (Å²) in [6.45, 7) is 3.85. The summed E-state index contributed by atoms with van der Waals surface area (Å²) >= 11 is 0. The number of piperazine rings is 1. The van der Waals surface area contributed by atoms with E-state index < -0.39 is 5.97 Å². The van der Waals surface area contributed by atoms with E-state index in [4.69, 9.17) is 4.74 Å². The van der Waals surface area contributed by atoms with Crippen molar-refractivity contribution >= 4 is 18.3 Å². The van der Waals surface area contributed by atoms with Gasteiger partial charge in [-0.1, -0.05) is 18.2 Å². The lowest BCUT2D eigenvalue weighted by molar-refractivity contribution is -0.899. The summed E-state index contributed by atoms with van der Waals surface area (Å²) in [5, 5.41) is 0. The molecule has 1 saturated heterocycles. The molecule has 1 amide bonds. The second-order valence-electron chi connectivity index (χ2n) is 6.43. The van der Waals surface area contributed by atoms with E-state index >= 15 is 0 Å². The molecule has 0 atom stereocenters. The first kappa shape index (κ1) is 17.2. The van der Waals surface area contributed by atoms with Crippen molar-refractivity contribution in [2.24, 2.45) is 4.99 Å². The maximum atomic E-state index is 12.4. The molecule has 3 rings (SSSR count). The van der Waals surface area contributed by atoms with Gasteiger partial charge < -0.3 is 19.4 Å². The highest BCUT2D eigenvalue weighted by Crippen LogP contribution is 2.20. The number of cyclic esters (lactones) is 1. The number of nitrogens with one attached hydrogen (secondary N) is 1. The first-order valence-electron chi connectivity index (χ1n) is 8.38. The number of hydrogen-bond donors (Lipinski definition) is 1. The van der Waals surface area contributed by atoms with Crippen molar-refractivity contribution in [3.8, 4) is 0 Å². The topological polar surface area (TPSA) is 66.7 Å². The molecule has 0 unspecified atom stereocenters. The van der Waals surface area contributed by atoms with Gasteiger partial charge in [-0.3, -0.25) is 4.79 Å². The lowest BCUT2D eigenvalue weighted by Gasteiger charge is -2.31. The third-order valence-electron chi connectivity index (χ3n) is 4.50. The maximum Gasteiger partial charge on any atom is 0.365 e. The third-order valence-corrected chi connectivity index (χ3v) is 4.50. The van der Waals surface area contributed by atoms with Crippen LogP contribution in [0, 0.1) is 0 Å². The molecule has 7 nitrogen and oxygen atoms in total. The van der Waals surface area contributed by atoms with Gasteiger partial charge in [0.1, 0.15) is 12.2 Å². The van der Waals surface area contributed by atoms with Crippen molar-refractivity contribution in [3.63, 3.8) is 0 Å². The number of nitrogens with zero attached hydrogens (tertiary/aromatic N) is 3. The predicted octanol–water partition coefficient (Wildman–Crippen LogP) is -0.880. The molecule has 0 spiro atoms. The number of hydrogen-bond acceptors (Lipinski definition) is 5. The Morgan fingerprint density at radius 2 is 1.96 bits per heavy atom. The summed E-state index contributed by atoms with van der Waals surface area (Å²) in [6.07, 6.45) is 0.896. The number of quaternary nitrogens is 1. The van der Waals surface area contributed by atoms with E-state index in [1.165, 1.54) is 4.90 Å². The minimum absolute atomic E-state index is 0.348. The number of ether oxygens (including phenoxy) is 1. The Labute approximate surface area is 147 Å². The summed E-state index contributed by atoms with van der Waals surface area (Å²) < 4.78 is 5.38. The molecule has 1 aromatic rings. The number of likely N-dealkylation sites (N-methyl/N-ethyl adjacent to an activating group) is 1. The highest BCUT2D eigenvalue weighted by Gasteiger charge is 2.31. The van der Waals surface area contributed by atoms with Gasteiger partial charge in [0.2, 0.25) is 12.3 Å². The van der Waals surface area contributed by atoms with Gasteiger partial charge >= 0.3 is 5.97 Å². The highest BCUT2D eigenvalue weighted by molar-refractivity contribution is 6.11. The van der Waals surface area contributed by atoms with E-state index in [1.807, 2.05) is 49.3 Å². The summed E-state index contributed by atoms with van der Waals surface area (Å²) in [7, 11) is 3.82. The molecule has 0 aromatic heterocycles. The molecular weight excluding hydrogens is 320 g/mol. The Hall–Kier alpha value is -2.67. The van der Waals surface area contributed by atoms with Crippen LogP contribution in [0.5, 0.6) is 0 Å². The Morgan fingerprint density at radius 3 is 2.56 bits per heavy atom. The number of carbonyl (C=O) groups is 2. The van der Waals surface area contributed by atoms with E-state index in [0.717, 1.165) is 43.8 Å². The molecule has 0 aliphatic carbocycles. The number of rotatable bonds is 5. The molecule has 132 valence electrons. The van der Waals surface area contributed by atoms with Crippen molar-refractivity contribution in [2.75, 3.05) is 46.8 Å². The van der Waals surface area contributed by atoms with E-state index in [2.05, 4.69) is 4.99 Å². The number of benzene rings is 1. The van der Waals surface area contributed by atoms with Gasteiger partial charge in [0.05, 0.1) is 26.2 Å². The molecule has 1 N–H and O–H groups in total. The first-order chi connectivity index (χ1) is 12.1. The van der Waals surface area contributed by atoms with Crippen LogP contribution >= 0.6 is 0 Å². The van der Waals surface area contributed by atoms with E-state index in [1.54, 1.807) is 4.90 Å². The summed E-state index contributed by atoms with van der Waals surface area (Å²) in [4.78, 5) is 32.7. The normalized spacial score (nSPS) is 20.2. The van der Waals surface area contributed by atoms with Crippen LogP contribution in [0.15, 0.2) is 46.7 Å². The molecule has 2 aliphatic rings. The molecule has 0 radical (unpaired) electrons. The Balaban J connectivity index is 1.82. The average molecular weight is 343 g/mol. The van der Waals surface area contributed by atoms with Crippen LogP contribution in [-0.4, -0.2) is 74.9 Å². The van der Waals surface area contributed by atoms with Gasteiger partial charge in [0, 0.05) is 19.7 Å². The minimum atomic E-state index is -0.409. The van der Waals surface area contributed by atoms with Gasteiger partial charge in [-0.05, 0) is 12.1 Å². The smallest absolute Gasteiger partial charge is 0.365 e. The zero-order valence-corrected chi connectivity index (χ0v) is 14.6. The van der Waals surface area contributed by atoms with Crippen LogP contribution in [0.4, 0.5) is 0 Å². The third kappa shape index (κ3) is 3.88. The van der Waals surface area contributed by atoms with Crippen molar-refractivity contribution < 1.29 is 19.2 Å². The Morgan fingerprint density at radius 1 is 1.28 bits per heavy atom. The van der Waals surface area contributed by atoms with E-state index in [-0.39, 0.29) is 0 Å². The van der Waals surface area contributed by atoms with Crippen LogP contribution in [0.25, 0.3) is 0 Å². The van der Waals surface area contributed by atoms with Gasteiger partial charge in [0.15, 0.2) is 5.70 Å². The minimum Gasteiger partial charge on any atom is -0.402 e. The SMILES string of the molecule is CN(C)/C(C[NH+]1CCN(C=O)CC1)=C1\N=C(c2ccccc2)OC1=O. The van der Waals surface area contributed by atoms with Gasteiger partial charge in [-0.25, -0.2) is 9.79 Å². The summed E-state index contributed by atoms with van der Waals surface area (Å²) in [5.74, 6) is -0.0609. The van der Waals surface area contributed by atoms with Crippen LogP contribution in [0.2, 0.25) is 0 Å². The van der Waals surface area contributed by atoms with Crippen LogP contribution in [0.3, 0.4) is 0 Å². The molecular formula is C18H23N4O3+. The molecule has 1 fully saturated rings. The number of carbonyl (C=O) groups excluding carboxylic acids is 2. The fraction of sp³-hybridized carbons (Fsp3) is 0.389. The molecule has 25 heavy (non-hydrogen) atoms. The Bertz CT molecular complexity index is 704. The number of esters is 1. The number of aliphatic imine (C=N–C) groups is 1. The fourth-order valence-electron chi connectivity index (χ4n) is 3.01. The number of amides is 1. The zero-order chi connectivity index (χ0) is 17.8. The molecule has 2 heterocycles. The van der Waals surface area contributed by atoms with Crippen LogP contribution in [-0.2, 0) is 14.3 Å². The molecule has 0 bridgehead atoms. The maximum absolute atomic E-state index is 12.4. The fourth-order valence-corrected chi connectivity index (χ4v) is 3.01. The predicted molar refractivity (Wildman–Crippen MR) is 93.0 cm³/mol. The quantitative estimate of drug-likeness (QED) is 0.428. The Kier molecular flexibility index (Phi) is 5.14. The highest BCUT2D eigenvalue weighted by atomic mass is 16.6. The molecule has 0 saturated carbocycles. The first-order valence-corrected chi connectivity index (χ1v) is 8.38. The largest absolute Gasteiger partial charge is 0.402 e. The molecule has 7 heteroatoms. The second kappa shape index (κ2) is 7.48. The second-order valence-corrected chi connectivity index (χ2v) is 6.43. The van der Waals surface area contributed by atoms with Gasteiger partial charge in [0.25, 0.3) is 0 Å². The van der Waals surface area contributed by atoms with Crippen molar-refractivity contribution in [1.82, 2.24) is 9.80 Å². The van der Waals surface area contributed by atoms with Gasteiger partial charge in [-0.15, -0.1) is 0 Å². The van der Waals surface area contributed by atoms with Crippen molar-refractivity contribution in [2.45, 2.75) is 0 Å². The molecule has 2 aliphatic heterocycles. The lowest BCUT2D eigenvalue weighted by Crippen LogP contribution is -3.15. The molecule has 1 aromatic carbocycles. The summed E-state index contributed by atoms with van der Waals surface area (Å²) in [6, 6.07) is 9.42. The van der Waals surface area contributed by atoms with E-state index in [9.17, 15) is 9.59 Å². The van der Waals surface area contributed by atoms with Gasteiger partial charge in [-0.2, -0.15) is 0 Å². The van der Waals surface area contributed by atoms with Crippen molar-refractivity contribution in [3.05, 3.63) is 47.3 Å². The van der Waals surface area contributed by atoms with Crippen LogP contribution in [0.1, 0.15) is 5.56 Å². The zero-order valence-electron chi connectivity index (χ0n) is 14.6. The summed E-state index contributed by atoms with van der Waals surface area (Å²) in [5.41, 5.74) is 2.01. The van der Waals surface area contributed by atoms with E-state index in [0.29, 0.717) is 18.1 Å². The van der Waals surface area contributed by atoms with Crippen molar-refractivity contribution in [1.29, 1.82) is 0 Å². The average Bonchev–Trinajstić information content (AvgIpc) is 3.02. The standard InChI is InChI=1S/C18H22N4O3/c1-20(2)15(12-21-8-10-22(13-23)11-9-21)16-18(24)25-17(19-16)14-6-4-3-5-7-14/h3-7,13H,8-12H2,1-2H3/p+1/b16-15-. The van der Waals surface area contributed by atoms with Crippen LogP contribution < -0.4 is 4.90 Å². The lowest BCUT2D eigenvalue weighted by atomic mass is 10.2. The monoisotopic (exact) mass is 343 g/mol.